The smallest absolute Gasteiger partial charge is 0.251 e. The van der Waals surface area contributed by atoms with E-state index in [4.69, 9.17) is 4.52 Å². The highest BCUT2D eigenvalue weighted by Gasteiger charge is 2.07. The zero-order valence-corrected chi connectivity index (χ0v) is 11.3. The minimum atomic E-state index is -0.158. The van der Waals surface area contributed by atoms with Gasteiger partial charge >= 0.3 is 0 Å². The van der Waals surface area contributed by atoms with Crippen LogP contribution in [-0.2, 0) is 6.42 Å². The van der Waals surface area contributed by atoms with E-state index in [-0.39, 0.29) is 5.91 Å². The molecule has 94 valence electrons. The molecule has 1 N–H and O–H groups in total. The van der Waals surface area contributed by atoms with E-state index in [1.54, 1.807) is 25.3 Å². The van der Waals surface area contributed by atoms with Crippen molar-refractivity contribution in [2.45, 2.75) is 13.3 Å². The van der Waals surface area contributed by atoms with Gasteiger partial charge in [0.05, 0.1) is 0 Å². The minimum Gasteiger partial charge on any atom is -0.352 e. The minimum absolute atomic E-state index is 0.158. The van der Waals surface area contributed by atoms with Crippen molar-refractivity contribution >= 4 is 21.8 Å². The molecule has 0 bridgehead atoms. The summed E-state index contributed by atoms with van der Waals surface area (Å²) in [6, 6.07) is 3.31. The quantitative estimate of drug-likeness (QED) is 0.866. The van der Waals surface area contributed by atoms with Gasteiger partial charge in [0.15, 0.2) is 5.82 Å². The van der Waals surface area contributed by atoms with Gasteiger partial charge in [-0.15, -0.1) is 0 Å². The van der Waals surface area contributed by atoms with Crippen LogP contribution in [0.3, 0.4) is 0 Å². The molecule has 0 unspecified atom stereocenters. The summed E-state index contributed by atoms with van der Waals surface area (Å²) >= 11 is 3.21. The van der Waals surface area contributed by atoms with Crippen molar-refractivity contribution in [2.24, 2.45) is 0 Å². The maximum atomic E-state index is 11.8. The standard InChI is InChI=1S/C11H11BrN4O2/c1-7-15-10(18-16-7)3-5-14-11(17)8-2-4-13-9(12)6-8/h2,4,6H,3,5H2,1H3,(H,14,17). The first-order valence-electron chi connectivity index (χ1n) is 5.34. The molecule has 1 amide bonds. The summed E-state index contributed by atoms with van der Waals surface area (Å²) in [4.78, 5) is 19.8. The predicted molar refractivity (Wildman–Crippen MR) is 67.0 cm³/mol. The number of hydrogen-bond acceptors (Lipinski definition) is 5. The van der Waals surface area contributed by atoms with Crippen LogP contribution in [0.2, 0.25) is 0 Å². The van der Waals surface area contributed by atoms with Gasteiger partial charge in [0.25, 0.3) is 5.91 Å². The summed E-state index contributed by atoms with van der Waals surface area (Å²) in [5, 5.41) is 6.44. The maximum absolute atomic E-state index is 11.8. The molecule has 2 aromatic heterocycles. The summed E-state index contributed by atoms with van der Waals surface area (Å²) < 4.78 is 5.57. The van der Waals surface area contributed by atoms with E-state index in [9.17, 15) is 4.79 Å². The number of nitrogens with one attached hydrogen (secondary N) is 1. The van der Waals surface area contributed by atoms with Crippen LogP contribution in [0.25, 0.3) is 0 Å². The summed E-state index contributed by atoms with van der Waals surface area (Å²) in [5.41, 5.74) is 0.554. The van der Waals surface area contributed by atoms with Gasteiger partial charge in [0, 0.05) is 24.7 Å². The first kappa shape index (κ1) is 12.7. The Morgan fingerprint density at radius 1 is 1.56 bits per heavy atom. The molecule has 7 heteroatoms. The molecule has 0 aliphatic heterocycles. The maximum Gasteiger partial charge on any atom is 0.251 e. The van der Waals surface area contributed by atoms with Gasteiger partial charge in [-0.05, 0) is 35.0 Å². The number of pyridine rings is 1. The molecule has 0 aliphatic carbocycles. The molecule has 0 spiro atoms. The summed E-state index contributed by atoms with van der Waals surface area (Å²) in [7, 11) is 0. The van der Waals surface area contributed by atoms with Crippen molar-refractivity contribution in [2.75, 3.05) is 6.54 Å². The van der Waals surface area contributed by atoms with Crippen molar-refractivity contribution in [3.8, 4) is 0 Å². The van der Waals surface area contributed by atoms with E-state index in [1.807, 2.05) is 0 Å². The summed E-state index contributed by atoms with van der Waals surface area (Å²) in [5.74, 6) is 0.951. The highest BCUT2D eigenvalue weighted by atomic mass is 79.9. The predicted octanol–water partition coefficient (Wildman–Crippen LogP) is 1.51. The molecule has 2 heterocycles. The lowest BCUT2D eigenvalue weighted by Crippen LogP contribution is -2.25. The van der Waals surface area contributed by atoms with Gasteiger partial charge in [-0.25, -0.2) is 4.98 Å². The third-order valence-corrected chi connectivity index (χ3v) is 2.62. The average molecular weight is 311 g/mol. The SMILES string of the molecule is Cc1noc(CCNC(=O)c2ccnc(Br)c2)n1. The van der Waals surface area contributed by atoms with Crippen LogP contribution in [0.1, 0.15) is 22.1 Å². The third-order valence-electron chi connectivity index (χ3n) is 2.18. The monoisotopic (exact) mass is 310 g/mol. The first-order valence-corrected chi connectivity index (χ1v) is 6.13. The Bertz CT molecular complexity index is 555. The second kappa shape index (κ2) is 5.72. The second-order valence-electron chi connectivity index (χ2n) is 3.61. The lowest BCUT2D eigenvalue weighted by molar-refractivity contribution is 0.0953. The number of halogens is 1. The molecular formula is C11H11BrN4O2. The number of nitrogens with zero attached hydrogens (tertiary/aromatic N) is 3. The number of amides is 1. The Labute approximate surface area is 112 Å². The van der Waals surface area contributed by atoms with Gasteiger partial charge in [-0.2, -0.15) is 4.98 Å². The van der Waals surface area contributed by atoms with E-state index in [1.165, 1.54) is 0 Å². The summed E-state index contributed by atoms with van der Waals surface area (Å²) in [6.07, 6.45) is 2.08. The van der Waals surface area contributed by atoms with Crippen molar-refractivity contribution in [1.29, 1.82) is 0 Å². The van der Waals surface area contributed by atoms with E-state index in [0.29, 0.717) is 34.8 Å². The topological polar surface area (TPSA) is 80.9 Å². The molecule has 0 saturated heterocycles. The van der Waals surface area contributed by atoms with E-state index < -0.39 is 0 Å². The zero-order valence-electron chi connectivity index (χ0n) is 9.68. The molecule has 6 nitrogen and oxygen atoms in total. The van der Waals surface area contributed by atoms with Gasteiger partial charge < -0.3 is 9.84 Å². The number of aromatic nitrogens is 3. The van der Waals surface area contributed by atoms with Gasteiger partial charge in [-0.1, -0.05) is 5.16 Å². The third kappa shape index (κ3) is 3.36. The van der Waals surface area contributed by atoms with E-state index in [2.05, 4.69) is 36.4 Å². The van der Waals surface area contributed by atoms with Crippen molar-refractivity contribution in [3.05, 3.63) is 40.2 Å². The molecular weight excluding hydrogens is 300 g/mol. The van der Waals surface area contributed by atoms with Crippen LogP contribution in [0.4, 0.5) is 0 Å². The fraction of sp³-hybridized carbons (Fsp3) is 0.273. The van der Waals surface area contributed by atoms with Crippen LogP contribution < -0.4 is 5.32 Å². The number of hydrogen-bond donors (Lipinski definition) is 1. The normalized spacial score (nSPS) is 10.3. The van der Waals surface area contributed by atoms with E-state index in [0.717, 1.165) is 0 Å². The number of rotatable bonds is 4. The van der Waals surface area contributed by atoms with Gasteiger partial charge in [-0.3, -0.25) is 4.79 Å². The average Bonchev–Trinajstić information content (AvgIpc) is 2.75. The first-order chi connectivity index (χ1) is 8.65. The Hall–Kier alpha value is -1.76. The van der Waals surface area contributed by atoms with Crippen molar-refractivity contribution in [1.82, 2.24) is 20.4 Å². The number of aryl methyl sites for hydroxylation is 1. The fourth-order valence-electron chi connectivity index (χ4n) is 1.37. The Kier molecular flexibility index (Phi) is 4.03. The van der Waals surface area contributed by atoms with Crippen LogP contribution in [-0.4, -0.2) is 27.6 Å². The largest absolute Gasteiger partial charge is 0.352 e. The number of carbonyl (C=O) groups is 1. The molecule has 0 aromatic carbocycles. The lowest BCUT2D eigenvalue weighted by atomic mass is 10.2. The van der Waals surface area contributed by atoms with Crippen LogP contribution in [0.15, 0.2) is 27.5 Å². The number of carbonyl (C=O) groups excluding carboxylic acids is 1. The molecule has 0 saturated carbocycles. The van der Waals surface area contributed by atoms with E-state index >= 15 is 0 Å². The highest BCUT2D eigenvalue weighted by molar-refractivity contribution is 9.10. The molecule has 0 fully saturated rings. The van der Waals surface area contributed by atoms with Gasteiger partial charge in [0.2, 0.25) is 5.89 Å². The molecule has 2 rings (SSSR count). The lowest BCUT2D eigenvalue weighted by Gasteiger charge is -2.03. The molecule has 18 heavy (non-hydrogen) atoms. The zero-order chi connectivity index (χ0) is 13.0. The molecule has 2 aromatic rings. The van der Waals surface area contributed by atoms with Crippen molar-refractivity contribution in [3.63, 3.8) is 0 Å². The Balaban J connectivity index is 1.85. The van der Waals surface area contributed by atoms with Crippen LogP contribution in [0.5, 0.6) is 0 Å². The molecule has 0 atom stereocenters. The van der Waals surface area contributed by atoms with Crippen LogP contribution in [0, 0.1) is 6.92 Å². The Morgan fingerprint density at radius 2 is 2.39 bits per heavy atom. The van der Waals surface area contributed by atoms with Crippen LogP contribution >= 0.6 is 15.9 Å². The highest BCUT2D eigenvalue weighted by Crippen LogP contribution is 2.07. The van der Waals surface area contributed by atoms with Crippen molar-refractivity contribution < 1.29 is 9.32 Å². The second-order valence-corrected chi connectivity index (χ2v) is 4.42. The Morgan fingerprint density at radius 3 is 3.06 bits per heavy atom. The van der Waals surface area contributed by atoms with Gasteiger partial charge in [0.1, 0.15) is 4.60 Å². The fourth-order valence-corrected chi connectivity index (χ4v) is 1.74. The molecule has 0 radical (unpaired) electrons. The molecule has 0 aliphatic rings. The summed E-state index contributed by atoms with van der Waals surface area (Å²) in [6.45, 7) is 2.19.